The third kappa shape index (κ3) is 3.52. The van der Waals surface area contributed by atoms with Gasteiger partial charge in [0.05, 0.1) is 0 Å². The number of nitrogens with one attached hydrogen (secondary N) is 1. The van der Waals surface area contributed by atoms with Gasteiger partial charge in [-0.15, -0.1) is 0 Å². The Kier molecular flexibility index (Phi) is 4.62. The first-order chi connectivity index (χ1) is 7.95. The molecule has 0 aliphatic rings. The number of rotatable bonds is 6. The van der Waals surface area contributed by atoms with Gasteiger partial charge in [-0.25, -0.2) is 0 Å². The van der Waals surface area contributed by atoms with Crippen molar-refractivity contribution in [3.63, 3.8) is 0 Å². The number of hydrogen-bond acceptors (Lipinski definition) is 4. The minimum atomic E-state index is -0.419. The maximum Gasteiger partial charge on any atom is 0.384 e. The standard InChI is InChI=1S/C11H20N4O2/c1-8(2)5-9(12-3)6-10-11(15(16)17)13-7-14(10)4/h7-9,12H,5-6H2,1-4H3. The molecule has 6 heteroatoms. The molecular weight excluding hydrogens is 220 g/mol. The maximum absolute atomic E-state index is 10.8. The predicted octanol–water partition coefficient (Wildman–Crippen LogP) is 1.50. The highest BCUT2D eigenvalue weighted by atomic mass is 16.6. The van der Waals surface area contributed by atoms with Gasteiger partial charge in [0, 0.05) is 19.5 Å². The second-order valence-corrected chi connectivity index (χ2v) is 4.70. The van der Waals surface area contributed by atoms with Gasteiger partial charge in [-0.1, -0.05) is 13.8 Å². The first-order valence-electron chi connectivity index (χ1n) is 5.77. The molecule has 0 amide bonds. The lowest BCUT2D eigenvalue weighted by Crippen LogP contribution is -2.30. The lowest BCUT2D eigenvalue weighted by Gasteiger charge is -2.17. The molecular formula is C11H20N4O2. The van der Waals surface area contributed by atoms with Gasteiger partial charge in [0.25, 0.3) is 0 Å². The molecule has 0 bridgehead atoms. The fraction of sp³-hybridized carbons (Fsp3) is 0.727. The van der Waals surface area contributed by atoms with Crippen LogP contribution in [0.4, 0.5) is 5.82 Å². The summed E-state index contributed by atoms with van der Waals surface area (Å²) in [6.45, 7) is 4.28. The molecule has 0 radical (unpaired) electrons. The molecule has 1 aromatic heterocycles. The van der Waals surface area contributed by atoms with E-state index in [2.05, 4.69) is 24.1 Å². The molecule has 0 fully saturated rings. The summed E-state index contributed by atoms with van der Waals surface area (Å²) in [5.41, 5.74) is 0.676. The van der Waals surface area contributed by atoms with E-state index < -0.39 is 4.92 Å². The lowest BCUT2D eigenvalue weighted by atomic mass is 10.00. The Balaban J connectivity index is 2.85. The molecule has 17 heavy (non-hydrogen) atoms. The molecule has 0 saturated heterocycles. The largest absolute Gasteiger partial charge is 0.384 e. The van der Waals surface area contributed by atoms with Crippen molar-refractivity contribution < 1.29 is 4.92 Å². The van der Waals surface area contributed by atoms with Gasteiger partial charge >= 0.3 is 5.82 Å². The molecule has 0 aliphatic carbocycles. The molecule has 0 aliphatic heterocycles. The minimum Gasteiger partial charge on any atom is -0.358 e. The quantitative estimate of drug-likeness (QED) is 0.604. The predicted molar refractivity (Wildman–Crippen MR) is 65.9 cm³/mol. The van der Waals surface area contributed by atoms with E-state index in [0.717, 1.165) is 6.42 Å². The number of imidazole rings is 1. The number of likely N-dealkylation sites (N-methyl/N-ethyl adjacent to an activating group) is 1. The first kappa shape index (κ1) is 13.6. The van der Waals surface area contributed by atoms with E-state index in [1.165, 1.54) is 6.33 Å². The number of nitro groups is 1. The maximum atomic E-state index is 10.8. The molecule has 1 unspecified atom stereocenters. The van der Waals surface area contributed by atoms with E-state index in [-0.39, 0.29) is 11.9 Å². The molecule has 6 nitrogen and oxygen atoms in total. The van der Waals surface area contributed by atoms with Crippen molar-refractivity contribution in [3.8, 4) is 0 Å². The van der Waals surface area contributed by atoms with Crippen LogP contribution in [0.5, 0.6) is 0 Å². The molecule has 1 rings (SSSR count). The molecule has 1 aromatic rings. The van der Waals surface area contributed by atoms with Crippen molar-refractivity contribution in [1.29, 1.82) is 0 Å². The smallest absolute Gasteiger partial charge is 0.358 e. The van der Waals surface area contributed by atoms with Gasteiger partial charge in [-0.2, -0.15) is 0 Å². The number of nitrogens with zero attached hydrogens (tertiary/aromatic N) is 3. The molecule has 1 N–H and O–H groups in total. The Labute approximate surface area is 101 Å². The topological polar surface area (TPSA) is 73.0 Å². The Hall–Kier alpha value is -1.43. The van der Waals surface area contributed by atoms with Crippen LogP contribution in [0.1, 0.15) is 26.0 Å². The van der Waals surface area contributed by atoms with Crippen molar-refractivity contribution >= 4 is 5.82 Å². The average Bonchev–Trinajstić information content (AvgIpc) is 2.59. The van der Waals surface area contributed by atoms with Gasteiger partial charge in [0.15, 0.2) is 0 Å². The van der Waals surface area contributed by atoms with Crippen LogP contribution in [-0.2, 0) is 13.5 Å². The highest BCUT2D eigenvalue weighted by molar-refractivity contribution is 5.27. The summed E-state index contributed by atoms with van der Waals surface area (Å²) in [4.78, 5) is 14.2. The number of aromatic nitrogens is 2. The molecule has 1 heterocycles. The summed E-state index contributed by atoms with van der Waals surface area (Å²) in [6, 6.07) is 0.240. The molecule has 96 valence electrons. The molecule has 0 saturated carbocycles. The van der Waals surface area contributed by atoms with Gasteiger partial charge in [-0.3, -0.25) is 0 Å². The third-order valence-corrected chi connectivity index (χ3v) is 2.81. The van der Waals surface area contributed by atoms with E-state index in [4.69, 9.17) is 0 Å². The van der Waals surface area contributed by atoms with Crippen molar-refractivity contribution in [1.82, 2.24) is 14.9 Å². The average molecular weight is 240 g/mol. The first-order valence-corrected chi connectivity index (χ1v) is 5.77. The van der Waals surface area contributed by atoms with Crippen LogP contribution >= 0.6 is 0 Å². The van der Waals surface area contributed by atoms with Gasteiger partial charge in [0.2, 0.25) is 6.33 Å². The second kappa shape index (κ2) is 5.77. The van der Waals surface area contributed by atoms with Crippen molar-refractivity contribution in [2.75, 3.05) is 7.05 Å². The number of hydrogen-bond donors (Lipinski definition) is 1. The highest BCUT2D eigenvalue weighted by Gasteiger charge is 2.22. The van der Waals surface area contributed by atoms with E-state index in [0.29, 0.717) is 18.0 Å². The second-order valence-electron chi connectivity index (χ2n) is 4.70. The van der Waals surface area contributed by atoms with Crippen molar-refractivity contribution in [2.24, 2.45) is 13.0 Å². The summed E-state index contributed by atoms with van der Waals surface area (Å²) in [5.74, 6) is 0.524. The van der Waals surface area contributed by atoms with Crippen LogP contribution in [0.25, 0.3) is 0 Å². The van der Waals surface area contributed by atoms with Crippen molar-refractivity contribution in [2.45, 2.75) is 32.7 Å². The van der Waals surface area contributed by atoms with Crippen LogP contribution in [0.15, 0.2) is 6.33 Å². The Bertz CT molecular complexity index is 387. The Morgan fingerprint density at radius 1 is 1.59 bits per heavy atom. The van der Waals surface area contributed by atoms with Gasteiger partial charge in [0.1, 0.15) is 5.69 Å². The van der Waals surface area contributed by atoms with Gasteiger partial charge < -0.3 is 20.0 Å². The van der Waals surface area contributed by atoms with E-state index in [1.807, 2.05) is 7.05 Å². The third-order valence-electron chi connectivity index (χ3n) is 2.81. The summed E-state index contributed by atoms with van der Waals surface area (Å²) in [5, 5.41) is 14.0. The molecule has 1 atom stereocenters. The zero-order valence-electron chi connectivity index (χ0n) is 10.8. The fourth-order valence-electron chi connectivity index (χ4n) is 1.94. The highest BCUT2D eigenvalue weighted by Crippen LogP contribution is 2.19. The van der Waals surface area contributed by atoms with Crippen LogP contribution in [0, 0.1) is 16.0 Å². The van der Waals surface area contributed by atoms with Crippen LogP contribution in [0.3, 0.4) is 0 Å². The summed E-state index contributed by atoms with van der Waals surface area (Å²) >= 11 is 0. The zero-order chi connectivity index (χ0) is 13.0. The van der Waals surface area contributed by atoms with Crippen LogP contribution in [0.2, 0.25) is 0 Å². The summed E-state index contributed by atoms with van der Waals surface area (Å²) in [6.07, 6.45) is 3.11. The Morgan fingerprint density at radius 3 is 2.71 bits per heavy atom. The van der Waals surface area contributed by atoms with E-state index in [1.54, 1.807) is 11.6 Å². The van der Waals surface area contributed by atoms with Gasteiger partial charge in [-0.05, 0) is 29.3 Å². The minimum absolute atomic E-state index is 0.0310. The molecule has 0 spiro atoms. The van der Waals surface area contributed by atoms with Crippen molar-refractivity contribution in [3.05, 3.63) is 22.1 Å². The SMILES string of the molecule is CNC(Cc1c([N+](=O)[O-])ncn1C)CC(C)C. The zero-order valence-corrected chi connectivity index (χ0v) is 10.8. The van der Waals surface area contributed by atoms with Crippen LogP contribution < -0.4 is 5.32 Å². The lowest BCUT2D eigenvalue weighted by molar-refractivity contribution is -0.390. The summed E-state index contributed by atoms with van der Waals surface area (Å²) in [7, 11) is 3.67. The van der Waals surface area contributed by atoms with Crippen LogP contribution in [-0.4, -0.2) is 27.6 Å². The Morgan fingerprint density at radius 2 is 2.24 bits per heavy atom. The molecule has 0 aromatic carbocycles. The van der Waals surface area contributed by atoms with E-state index >= 15 is 0 Å². The number of aryl methyl sites for hydroxylation is 1. The van der Waals surface area contributed by atoms with E-state index in [9.17, 15) is 10.1 Å². The summed E-state index contributed by atoms with van der Waals surface area (Å²) < 4.78 is 1.72. The normalized spacial score (nSPS) is 13.0. The fourth-order valence-corrected chi connectivity index (χ4v) is 1.94. The monoisotopic (exact) mass is 240 g/mol.